The largest absolute Gasteiger partial charge is 0.478 e. The zero-order chi connectivity index (χ0) is 15.5. The number of hydrogen-bond donors (Lipinski definition) is 3. The molecular weight excluding hydrogens is 256 g/mol. The molecule has 0 radical (unpaired) electrons. The molecule has 1 rings (SSSR count). The third kappa shape index (κ3) is 3.98. The summed E-state index contributed by atoms with van der Waals surface area (Å²) in [4.78, 5) is 23.1. The predicted molar refractivity (Wildman–Crippen MR) is 79.2 cm³/mol. The Morgan fingerprint density at radius 1 is 1.25 bits per heavy atom. The van der Waals surface area contributed by atoms with E-state index in [1.807, 2.05) is 27.7 Å². The van der Waals surface area contributed by atoms with Crippen molar-refractivity contribution in [3.05, 3.63) is 29.3 Å². The van der Waals surface area contributed by atoms with Crippen LogP contribution in [0.5, 0.6) is 0 Å². The van der Waals surface area contributed by atoms with Gasteiger partial charge in [0.05, 0.1) is 11.3 Å². The molecule has 0 aromatic heterocycles. The SMILES string of the molecule is Cc1cccc(C(=O)O)c1NC(=O)NC(C)C(C)(C)C. The number of aryl methyl sites for hydroxylation is 1. The van der Waals surface area contributed by atoms with Gasteiger partial charge in [0, 0.05) is 6.04 Å². The summed E-state index contributed by atoms with van der Waals surface area (Å²) in [5, 5.41) is 14.6. The molecule has 2 amide bonds. The number of hydrogen-bond acceptors (Lipinski definition) is 2. The molecule has 5 heteroatoms. The van der Waals surface area contributed by atoms with E-state index in [2.05, 4.69) is 10.6 Å². The molecule has 0 bridgehead atoms. The number of aromatic carboxylic acids is 1. The fourth-order valence-electron chi connectivity index (χ4n) is 1.57. The van der Waals surface area contributed by atoms with Crippen molar-refractivity contribution in [2.24, 2.45) is 5.41 Å². The van der Waals surface area contributed by atoms with Gasteiger partial charge in [-0.25, -0.2) is 9.59 Å². The second-order valence-electron chi connectivity index (χ2n) is 5.99. The van der Waals surface area contributed by atoms with Crippen molar-refractivity contribution >= 4 is 17.7 Å². The Kier molecular flexibility index (Phi) is 4.76. The van der Waals surface area contributed by atoms with E-state index in [0.29, 0.717) is 11.3 Å². The van der Waals surface area contributed by atoms with Gasteiger partial charge < -0.3 is 15.7 Å². The van der Waals surface area contributed by atoms with E-state index in [-0.39, 0.29) is 17.0 Å². The number of nitrogens with one attached hydrogen (secondary N) is 2. The van der Waals surface area contributed by atoms with Crippen molar-refractivity contribution in [3.63, 3.8) is 0 Å². The number of rotatable bonds is 3. The quantitative estimate of drug-likeness (QED) is 0.794. The third-order valence-electron chi connectivity index (χ3n) is 3.39. The highest BCUT2D eigenvalue weighted by Crippen LogP contribution is 2.22. The number of urea groups is 1. The number of carbonyl (C=O) groups excluding carboxylic acids is 1. The molecule has 1 unspecified atom stereocenters. The maximum Gasteiger partial charge on any atom is 0.337 e. The molecule has 0 aliphatic heterocycles. The zero-order valence-electron chi connectivity index (χ0n) is 12.6. The van der Waals surface area contributed by atoms with Crippen molar-refractivity contribution in [1.82, 2.24) is 5.32 Å². The number of carboxylic acid groups (broad SMARTS) is 1. The Hall–Kier alpha value is -2.04. The van der Waals surface area contributed by atoms with Gasteiger partial charge in [0.1, 0.15) is 0 Å². The first kappa shape index (κ1) is 16.0. The Labute approximate surface area is 119 Å². The topological polar surface area (TPSA) is 78.4 Å². The molecule has 0 heterocycles. The average Bonchev–Trinajstić information content (AvgIpc) is 2.30. The molecule has 0 spiro atoms. The van der Waals surface area contributed by atoms with Crippen LogP contribution in [0.25, 0.3) is 0 Å². The number of benzene rings is 1. The van der Waals surface area contributed by atoms with E-state index < -0.39 is 12.0 Å². The monoisotopic (exact) mass is 278 g/mol. The van der Waals surface area contributed by atoms with Crippen molar-refractivity contribution in [2.45, 2.75) is 40.7 Å². The van der Waals surface area contributed by atoms with Crippen LogP contribution in [-0.4, -0.2) is 23.1 Å². The van der Waals surface area contributed by atoms with Crippen LogP contribution >= 0.6 is 0 Å². The number of amides is 2. The van der Waals surface area contributed by atoms with Crippen LogP contribution < -0.4 is 10.6 Å². The Bertz CT molecular complexity index is 518. The summed E-state index contributed by atoms with van der Waals surface area (Å²) in [6, 6.07) is 4.44. The lowest BCUT2D eigenvalue weighted by molar-refractivity contribution is 0.0698. The molecule has 0 aliphatic carbocycles. The first-order valence-electron chi connectivity index (χ1n) is 6.53. The number of anilines is 1. The van der Waals surface area contributed by atoms with Crippen LogP contribution in [0.2, 0.25) is 0 Å². The maximum atomic E-state index is 12.0. The van der Waals surface area contributed by atoms with Crippen LogP contribution in [0.4, 0.5) is 10.5 Å². The van der Waals surface area contributed by atoms with Crippen LogP contribution in [0.15, 0.2) is 18.2 Å². The normalized spacial score (nSPS) is 12.7. The van der Waals surface area contributed by atoms with Crippen molar-refractivity contribution in [2.75, 3.05) is 5.32 Å². The Morgan fingerprint density at radius 3 is 2.35 bits per heavy atom. The minimum Gasteiger partial charge on any atom is -0.478 e. The number of carboxylic acids is 1. The van der Waals surface area contributed by atoms with Crippen molar-refractivity contribution in [1.29, 1.82) is 0 Å². The molecule has 5 nitrogen and oxygen atoms in total. The van der Waals surface area contributed by atoms with Gasteiger partial charge in [-0.15, -0.1) is 0 Å². The lowest BCUT2D eigenvalue weighted by Gasteiger charge is -2.28. The smallest absolute Gasteiger partial charge is 0.337 e. The maximum absolute atomic E-state index is 12.0. The molecule has 0 saturated carbocycles. The van der Waals surface area contributed by atoms with Crippen LogP contribution in [0.3, 0.4) is 0 Å². The number of carbonyl (C=O) groups is 2. The van der Waals surface area contributed by atoms with E-state index in [9.17, 15) is 9.59 Å². The fourth-order valence-corrected chi connectivity index (χ4v) is 1.57. The van der Waals surface area contributed by atoms with Gasteiger partial charge in [-0.1, -0.05) is 32.9 Å². The minimum absolute atomic E-state index is 0.0419. The highest BCUT2D eigenvalue weighted by Gasteiger charge is 2.22. The van der Waals surface area contributed by atoms with E-state index >= 15 is 0 Å². The lowest BCUT2D eigenvalue weighted by Crippen LogP contribution is -2.43. The van der Waals surface area contributed by atoms with Gasteiger partial charge in [-0.2, -0.15) is 0 Å². The molecule has 1 atom stereocenters. The first-order chi connectivity index (χ1) is 9.12. The first-order valence-corrected chi connectivity index (χ1v) is 6.53. The van der Waals surface area contributed by atoms with Gasteiger partial charge in [0.25, 0.3) is 0 Å². The lowest BCUT2D eigenvalue weighted by atomic mass is 9.88. The van der Waals surface area contributed by atoms with Gasteiger partial charge >= 0.3 is 12.0 Å². The summed E-state index contributed by atoms with van der Waals surface area (Å²) in [6.45, 7) is 9.74. The standard InChI is InChI=1S/C15H22N2O3/c1-9-7-6-8-11(13(18)19)12(9)17-14(20)16-10(2)15(3,4)5/h6-8,10H,1-5H3,(H,18,19)(H2,16,17,20). The zero-order valence-corrected chi connectivity index (χ0v) is 12.6. The second-order valence-corrected chi connectivity index (χ2v) is 5.99. The van der Waals surface area contributed by atoms with Gasteiger partial charge in [0.2, 0.25) is 0 Å². The molecule has 0 aliphatic rings. The Morgan fingerprint density at radius 2 is 1.85 bits per heavy atom. The molecular formula is C15H22N2O3. The Balaban J connectivity index is 2.89. The molecule has 110 valence electrons. The summed E-state index contributed by atoms with van der Waals surface area (Å²) >= 11 is 0. The fraction of sp³-hybridized carbons (Fsp3) is 0.467. The average molecular weight is 278 g/mol. The highest BCUT2D eigenvalue weighted by molar-refractivity contribution is 6.01. The molecule has 0 fully saturated rings. The van der Waals surface area contributed by atoms with Crippen LogP contribution in [0, 0.1) is 12.3 Å². The highest BCUT2D eigenvalue weighted by atomic mass is 16.4. The molecule has 1 aromatic rings. The van der Waals surface area contributed by atoms with E-state index in [1.54, 1.807) is 19.1 Å². The minimum atomic E-state index is -1.06. The van der Waals surface area contributed by atoms with E-state index in [0.717, 1.165) is 0 Å². The van der Waals surface area contributed by atoms with E-state index in [1.165, 1.54) is 6.07 Å². The molecule has 0 saturated heterocycles. The molecule has 1 aromatic carbocycles. The van der Waals surface area contributed by atoms with E-state index in [4.69, 9.17) is 5.11 Å². The van der Waals surface area contributed by atoms with Crippen LogP contribution in [0.1, 0.15) is 43.6 Å². The third-order valence-corrected chi connectivity index (χ3v) is 3.39. The second kappa shape index (κ2) is 5.94. The summed E-state index contributed by atoms with van der Waals surface area (Å²) in [5.74, 6) is -1.06. The van der Waals surface area contributed by atoms with Gasteiger partial charge in [0.15, 0.2) is 0 Å². The predicted octanol–water partition coefficient (Wildman–Crippen LogP) is 3.25. The summed E-state index contributed by atoms with van der Waals surface area (Å²) in [7, 11) is 0. The molecule has 3 N–H and O–H groups in total. The summed E-state index contributed by atoms with van der Waals surface area (Å²) in [5.41, 5.74) is 1.06. The van der Waals surface area contributed by atoms with Crippen molar-refractivity contribution < 1.29 is 14.7 Å². The molecule has 20 heavy (non-hydrogen) atoms. The van der Waals surface area contributed by atoms with Crippen LogP contribution in [-0.2, 0) is 0 Å². The summed E-state index contributed by atoms with van der Waals surface area (Å²) < 4.78 is 0. The van der Waals surface area contributed by atoms with Gasteiger partial charge in [-0.05, 0) is 30.9 Å². The number of para-hydroxylation sites is 1. The summed E-state index contributed by atoms with van der Waals surface area (Å²) in [6.07, 6.45) is 0. The van der Waals surface area contributed by atoms with Crippen molar-refractivity contribution in [3.8, 4) is 0 Å². The van der Waals surface area contributed by atoms with Gasteiger partial charge in [-0.3, -0.25) is 0 Å².